The van der Waals surface area contributed by atoms with Crippen molar-refractivity contribution in [1.82, 2.24) is 19.8 Å². The number of aromatic nitrogens is 2. The molecule has 0 bridgehead atoms. The van der Waals surface area contributed by atoms with E-state index in [0.29, 0.717) is 0 Å². The van der Waals surface area contributed by atoms with E-state index in [9.17, 15) is 9.90 Å². The van der Waals surface area contributed by atoms with Crippen LogP contribution in [0.4, 0.5) is 0 Å². The number of nitrogens with zero attached hydrogens (tertiary/aromatic N) is 3. The Morgan fingerprint density at radius 3 is 2.64 bits per heavy atom. The second-order valence-electron chi connectivity index (χ2n) is 8.64. The van der Waals surface area contributed by atoms with Gasteiger partial charge in [-0.1, -0.05) is 25.5 Å². The average molecular weight is 463 g/mol. The molecule has 6 nitrogen and oxygen atoms in total. The summed E-state index contributed by atoms with van der Waals surface area (Å²) < 4.78 is 2.16. The number of rotatable bonds is 7. The molecule has 2 aromatic heterocycles. The Kier molecular flexibility index (Phi) is 6.51. The van der Waals surface area contributed by atoms with Gasteiger partial charge in [0.05, 0.1) is 23.3 Å². The predicted octanol–water partition coefficient (Wildman–Crippen LogP) is 5.27. The molecule has 1 fully saturated rings. The van der Waals surface area contributed by atoms with Gasteiger partial charge in [0.2, 0.25) is 0 Å². The van der Waals surface area contributed by atoms with E-state index in [4.69, 9.17) is 12.2 Å². The molecule has 0 amide bonds. The first-order valence-electron chi connectivity index (χ1n) is 11.3. The molecule has 1 aromatic carbocycles. The Labute approximate surface area is 200 Å². The molecule has 4 rings (SSSR count). The Morgan fingerprint density at radius 2 is 1.97 bits per heavy atom. The van der Waals surface area contributed by atoms with E-state index < -0.39 is 5.97 Å². The molecule has 33 heavy (non-hydrogen) atoms. The molecule has 2 atom stereocenters. The molecule has 0 spiro atoms. The van der Waals surface area contributed by atoms with Crippen molar-refractivity contribution < 1.29 is 9.90 Å². The van der Waals surface area contributed by atoms with Gasteiger partial charge in [-0.15, -0.1) is 0 Å². The van der Waals surface area contributed by atoms with Crippen LogP contribution in [0.3, 0.4) is 0 Å². The number of aryl methyl sites for hydroxylation is 2. The topological polar surface area (TPSA) is 70.4 Å². The minimum atomic E-state index is -0.926. The highest BCUT2D eigenvalue weighted by atomic mass is 32.1. The number of thiocarbonyl (C=S) groups is 1. The lowest BCUT2D eigenvalue weighted by Crippen LogP contribution is -2.30. The molecule has 172 valence electrons. The summed E-state index contributed by atoms with van der Waals surface area (Å²) in [5.74, 6) is -0.926. The van der Waals surface area contributed by atoms with Crippen LogP contribution < -0.4 is 5.32 Å². The SMILES string of the molecule is CCCCN1C(=S)N[C@@H](c2ccccn2)[C@@H]1c1cc(C)n(-c2cc(C(=O)O)ccc2C)c1C. The largest absolute Gasteiger partial charge is 0.478 e. The summed E-state index contributed by atoms with van der Waals surface area (Å²) >= 11 is 5.77. The van der Waals surface area contributed by atoms with Crippen molar-refractivity contribution in [3.8, 4) is 5.69 Å². The van der Waals surface area contributed by atoms with Crippen molar-refractivity contribution in [3.63, 3.8) is 0 Å². The van der Waals surface area contributed by atoms with Crippen LogP contribution in [0.1, 0.15) is 70.4 Å². The van der Waals surface area contributed by atoms with Gasteiger partial charge in [-0.3, -0.25) is 4.98 Å². The average Bonchev–Trinajstić information content (AvgIpc) is 3.28. The van der Waals surface area contributed by atoms with E-state index in [2.05, 4.69) is 46.6 Å². The number of carboxylic acid groups (broad SMARTS) is 1. The molecule has 0 saturated carbocycles. The molecule has 1 aliphatic rings. The highest BCUT2D eigenvalue weighted by Crippen LogP contribution is 2.41. The van der Waals surface area contributed by atoms with Crippen molar-refractivity contribution in [1.29, 1.82) is 0 Å². The minimum absolute atomic E-state index is 0.00172. The number of carboxylic acids is 1. The van der Waals surface area contributed by atoms with Crippen molar-refractivity contribution in [2.24, 2.45) is 0 Å². The quantitative estimate of drug-likeness (QED) is 0.466. The lowest BCUT2D eigenvalue weighted by Gasteiger charge is -2.28. The summed E-state index contributed by atoms with van der Waals surface area (Å²) in [7, 11) is 0. The molecule has 0 aliphatic carbocycles. The molecule has 0 unspecified atom stereocenters. The minimum Gasteiger partial charge on any atom is -0.478 e. The second kappa shape index (κ2) is 9.35. The number of aromatic carboxylic acids is 1. The fourth-order valence-electron chi connectivity index (χ4n) is 4.75. The van der Waals surface area contributed by atoms with Crippen LogP contribution in [0.15, 0.2) is 48.7 Å². The van der Waals surface area contributed by atoms with Crippen LogP contribution in [-0.4, -0.2) is 37.2 Å². The van der Waals surface area contributed by atoms with Gasteiger partial charge in [-0.2, -0.15) is 0 Å². The van der Waals surface area contributed by atoms with Crippen LogP contribution >= 0.6 is 12.2 Å². The Morgan fingerprint density at radius 1 is 1.18 bits per heavy atom. The number of nitrogens with one attached hydrogen (secondary N) is 1. The molecule has 0 radical (unpaired) electrons. The molecular formula is C26H30N4O2S. The zero-order valence-corrected chi connectivity index (χ0v) is 20.3. The fourth-order valence-corrected chi connectivity index (χ4v) is 5.09. The van der Waals surface area contributed by atoms with Crippen LogP contribution in [0, 0.1) is 20.8 Å². The van der Waals surface area contributed by atoms with E-state index in [1.165, 1.54) is 5.56 Å². The zero-order chi connectivity index (χ0) is 23.7. The van der Waals surface area contributed by atoms with Gasteiger partial charge in [0.25, 0.3) is 0 Å². The molecule has 1 aliphatic heterocycles. The van der Waals surface area contributed by atoms with Crippen molar-refractivity contribution in [2.75, 3.05) is 6.54 Å². The lowest BCUT2D eigenvalue weighted by molar-refractivity contribution is 0.0697. The smallest absolute Gasteiger partial charge is 0.335 e. The van der Waals surface area contributed by atoms with Crippen LogP contribution in [-0.2, 0) is 0 Å². The van der Waals surface area contributed by atoms with Gasteiger partial charge >= 0.3 is 5.97 Å². The lowest BCUT2D eigenvalue weighted by atomic mass is 9.96. The number of unbranched alkanes of at least 4 members (excludes halogenated alkanes) is 1. The highest BCUT2D eigenvalue weighted by molar-refractivity contribution is 7.80. The zero-order valence-electron chi connectivity index (χ0n) is 19.5. The summed E-state index contributed by atoms with van der Waals surface area (Å²) in [6.07, 6.45) is 3.95. The first-order chi connectivity index (χ1) is 15.8. The van der Waals surface area contributed by atoms with Crippen molar-refractivity contribution in [2.45, 2.75) is 52.6 Å². The molecule has 3 aromatic rings. The normalized spacial score (nSPS) is 17.9. The molecular weight excluding hydrogens is 432 g/mol. The third-order valence-electron chi connectivity index (χ3n) is 6.44. The van der Waals surface area contributed by atoms with Crippen molar-refractivity contribution >= 4 is 23.3 Å². The molecule has 1 saturated heterocycles. The number of pyridine rings is 1. The van der Waals surface area contributed by atoms with Crippen LogP contribution in [0.25, 0.3) is 5.69 Å². The number of benzene rings is 1. The van der Waals surface area contributed by atoms with Crippen LogP contribution in [0.2, 0.25) is 0 Å². The standard InChI is InChI=1S/C26H30N4O2S/c1-5-6-13-29-24(23(28-26(29)33)21-9-7-8-12-27-21)20-14-17(3)30(18(20)4)22-15-19(25(31)32)11-10-16(22)2/h7-12,14-15,23-24H,5-6,13H2,1-4H3,(H,28,33)(H,31,32)/t23-,24-/m0/s1. The van der Waals surface area contributed by atoms with E-state index in [1.54, 1.807) is 12.1 Å². The highest BCUT2D eigenvalue weighted by Gasteiger charge is 2.41. The Hall–Kier alpha value is -3.19. The summed E-state index contributed by atoms with van der Waals surface area (Å²) in [4.78, 5) is 18.5. The number of hydrogen-bond acceptors (Lipinski definition) is 3. The van der Waals surface area contributed by atoms with Crippen LogP contribution in [0.5, 0.6) is 0 Å². The van der Waals surface area contributed by atoms with E-state index in [0.717, 1.165) is 52.8 Å². The third kappa shape index (κ3) is 4.25. The maximum atomic E-state index is 11.6. The summed E-state index contributed by atoms with van der Waals surface area (Å²) in [5.41, 5.74) is 6.46. The van der Waals surface area contributed by atoms with E-state index in [-0.39, 0.29) is 17.6 Å². The van der Waals surface area contributed by atoms with Crippen molar-refractivity contribution in [3.05, 3.63) is 82.4 Å². The van der Waals surface area contributed by atoms with Gasteiger partial charge in [0.15, 0.2) is 5.11 Å². The van der Waals surface area contributed by atoms with E-state index >= 15 is 0 Å². The summed E-state index contributed by atoms with van der Waals surface area (Å²) in [5, 5.41) is 13.8. The maximum Gasteiger partial charge on any atom is 0.335 e. The first kappa shape index (κ1) is 23.0. The first-order valence-corrected chi connectivity index (χ1v) is 11.8. The van der Waals surface area contributed by atoms with Gasteiger partial charge in [-0.05, 0) is 80.9 Å². The molecule has 7 heteroatoms. The van der Waals surface area contributed by atoms with Gasteiger partial charge in [0, 0.05) is 29.8 Å². The number of hydrogen-bond donors (Lipinski definition) is 2. The Bertz CT molecular complexity index is 1190. The van der Waals surface area contributed by atoms with Gasteiger partial charge in [0.1, 0.15) is 0 Å². The maximum absolute atomic E-state index is 11.6. The molecule has 2 N–H and O–H groups in total. The summed E-state index contributed by atoms with van der Waals surface area (Å²) in [6, 6.07) is 13.4. The predicted molar refractivity (Wildman–Crippen MR) is 134 cm³/mol. The van der Waals surface area contributed by atoms with Gasteiger partial charge in [-0.25, -0.2) is 4.79 Å². The third-order valence-corrected chi connectivity index (χ3v) is 6.79. The second-order valence-corrected chi connectivity index (χ2v) is 9.03. The summed E-state index contributed by atoms with van der Waals surface area (Å²) in [6.45, 7) is 9.23. The monoisotopic (exact) mass is 462 g/mol. The number of carbonyl (C=O) groups is 1. The van der Waals surface area contributed by atoms with Gasteiger partial charge < -0.3 is 19.9 Å². The molecule has 3 heterocycles. The fraction of sp³-hybridized carbons (Fsp3) is 0.346. The Balaban J connectivity index is 1.85. The van der Waals surface area contributed by atoms with E-state index in [1.807, 2.05) is 37.4 Å².